The van der Waals surface area contributed by atoms with Crippen molar-refractivity contribution in [1.29, 1.82) is 0 Å². The molecule has 1 heterocycles. The lowest BCUT2D eigenvalue weighted by atomic mass is 9.98. The Bertz CT molecular complexity index is 610. The SMILES string of the molecule is COc1cc2c(cc1OC)CN(C(=O)C(=O)NC1CC1)CC2. The van der Waals surface area contributed by atoms with Crippen LogP contribution in [0, 0.1) is 0 Å². The van der Waals surface area contributed by atoms with E-state index in [1.165, 1.54) is 0 Å². The highest BCUT2D eigenvalue weighted by atomic mass is 16.5. The molecule has 1 N–H and O–H groups in total. The standard InChI is InChI=1S/C16H20N2O4/c1-21-13-7-10-5-6-18(9-11(10)8-14(13)22-2)16(20)15(19)17-12-3-4-12/h7-8,12H,3-6,9H2,1-2H3,(H,17,19). The number of ether oxygens (including phenoxy) is 2. The minimum absolute atomic E-state index is 0.192. The maximum Gasteiger partial charge on any atom is 0.312 e. The van der Waals surface area contributed by atoms with Crippen molar-refractivity contribution in [3.05, 3.63) is 23.3 Å². The molecule has 2 aliphatic rings. The molecule has 1 aliphatic heterocycles. The fourth-order valence-electron chi connectivity index (χ4n) is 2.67. The van der Waals surface area contributed by atoms with Gasteiger partial charge in [0.05, 0.1) is 14.2 Å². The Morgan fingerprint density at radius 2 is 1.77 bits per heavy atom. The summed E-state index contributed by atoms with van der Waals surface area (Å²) in [6.07, 6.45) is 2.65. The summed E-state index contributed by atoms with van der Waals surface area (Å²) >= 11 is 0. The van der Waals surface area contributed by atoms with Crippen LogP contribution < -0.4 is 14.8 Å². The predicted molar refractivity (Wildman–Crippen MR) is 79.8 cm³/mol. The number of methoxy groups -OCH3 is 2. The van der Waals surface area contributed by atoms with Crippen molar-refractivity contribution in [2.45, 2.75) is 31.8 Å². The first-order valence-corrected chi connectivity index (χ1v) is 7.46. The van der Waals surface area contributed by atoms with Crippen LogP contribution in [-0.4, -0.2) is 43.5 Å². The van der Waals surface area contributed by atoms with Crippen molar-refractivity contribution in [2.75, 3.05) is 20.8 Å². The van der Waals surface area contributed by atoms with Crippen molar-refractivity contribution in [1.82, 2.24) is 10.2 Å². The summed E-state index contributed by atoms with van der Waals surface area (Å²) in [5, 5.41) is 2.74. The van der Waals surface area contributed by atoms with Crippen LogP contribution in [0.4, 0.5) is 0 Å². The first-order valence-electron chi connectivity index (χ1n) is 7.46. The molecule has 1 fully saturated rings. The summed E-state index contributed by atoms with van der Waals surface area (Å²) < 4.78 is 10.6. The fraction of sp³-hybridized carbons (Fsp3) is 0.500. The van der Waals surface area contributed by atoms with E-state index < -0.39 is 11.8 Å². The Kier molecular flexibility index (Phi) is 3.92. The van der Waals surface area contributed by atoms with Crippen LogP contribution in [-0.2, 0) is 22.6 Å². The van der Waals surface area contributed by atoms with Gasteiger partial charge in [-0.15, -0.1) is 0 Å². The van der Waals surface area contributed by atoms with Gasteiger partial charge in [-0.05, 0) is 42.5 Å². The summed E-state index contributed by atoms with van der Waals surface area (Å²) in [6.45, 7) is 0.964. The number of hydrogen-bond donors (Lipinski definition) is 1. The monoisotopic (exact) mass is 304 g/mol. The van der Waals surface area contributed by atoms with E-state index >= 15 is 0 Å². The number of carbonyl (C=O) groups is 2. The number of benzene rings is 1. The van der Waals surface area contributed by atoms with Crippen molar-refractivity contribution >= 4 is 11.8 Å². The molecule has 22 heavy (non-hydrogen) atoms. The van der Waals surface area contributed by atoms with Gasteiger partial charge in [0, 0.05) is 19.1 Å². The third-order valence-corrected chi connectivity index (χ3v) is 4.11. The summed E-state index contributed by atoms with van der Waals surface area (Å²) in [4.78, 5) is 25.7. The first kappa shape index (κ1) is 14.7. The fourth-order valence-corrected chi connectivity index (χ4v) is 2.67. The second-order valence-electron chi connectivity index (χ2n) is 5.70. The second-order valence-corrected chi connectivity index (χ2v) is 5.70. The summed E-state index contributed by atoms with van der Waals surface area (Å²) in [6, 6.07) is 4.02. The average Bonchev–Trinajstić information content (AvgIpc) is 3.36. The normalized spacial score (nSPS) is 16.7. The number of amides is 2. The van der Waals surface area contributed by atoms with Crippen molar-refractivity contribution < 1.29 is 19.1 Å². The number of nitrogens with one attached hydrogen (secondary N) is 1. The van der Waals surface area contributed by atoms with Gasteiger partial charge in [-0.25, -0.2) is 0 Å². The van der Waals surface area contributed by atoms with E-state index in [0.29, 0.717) is 31.0 Å². The van der Waals surface area contributed by atoms with Crippen molar-refractivity contribution in [3.63, 3.8) is 0 Å². The molecule has 0 aromatic heterocycles. The molecule has 0 radical (unpaired) electrons. The lowest BCUT2D eigenvalue weighted by Crippen LogP contribution is -2.45. The zero-order valence-electron chi connectivity index (χ0n) is 12.8. The first-order chi connectivity index (χ1) is 10.6. The summed E-state index contributed by atoms with van der Waals surface area (Å²) in [7, 11) is 3.18. The van der Waals surface area contributed by atoms with Gasteiger partial charge in [0.1, 0.15) is 0 Å². The Morgan fingerprint density at radius 1 is 1.14 bits per heavy atom. The lowest BCUT2D eigenvalue weighted by molar-refractivity contribution is -0.146. The van der Waals surface area contributed by atoms with Crippen LogP contribution in [0.1, 0.15) is 24.0 Å². The van der Waals surface area contributed by atoms with E-state index in [-0.39, 0.29) is 6.04 Å². The largest absolute Gasteiger partial charge is 0.493 e. The van der Waals surface area contributed by atoms with E-state index in [2.05, 4.69) is 5.32 Å². The van der Waals surface area contributed by atoms with Crippen LogP contribution in [0.5, 0.6) is 11.5 Å². The third kappa shape index (κ3) is 2.86. The highest BCUT2D eigenvalue weighted by Gasteiger charge is 2.31. The number of carbonyl (C=O) groups excluding carboxylic acids is 2. The third-order valence-electron chi connectivity index (χ3n) is 4.11. The van der Waals surface area contributed by atoms with Crippen LogP contribution in [0.3, 0.4) is 0 Å². The van der Waals surface area contributed by atoms with Crippen LogP contribution in [0.25, 0.3) is 0 Å². The van der Waals surface area contributed by atoms with E-state index in [9.17, 15) is 9.59 Å². The molecule has 1 aliphatic carbocycles. The van der Waals surface area contributed by atoms with E-state index in [1.54, 1.807) is 19.1 Å². The molecule has 0 bridgehead atoms. The molecule has 1 aromatic rings. The molecule has 0 saturated heterocycles. The van der Waals surface area contributed by atoms with Gasteiger partial charge in [-0.1, -0.05) is 0 Å². The van der Waals surface area contributed by atoms with Gasteiger partial charge in [-0.2, -0.15) is 0 Å². The molecule has 0 unspecified atom stereocenters. The zero-order chi connectivity index (χ0) is 15.7. The van der Waals surface area contributed by atoms with Crippen LogP contribution >= 0.6 is 0 Å². The Labute approximate surface area is 129 Å². The number of fused-ring (bicyclic) bond motifs is 1. The van der Waals surface area contributed by atoms with Gasteiger partial charge in [0.25, 0.3) is 0 Å². The lowest BCUT2D eigenvalue weighted by Gasteiger charge is -2.29. The summed E-state index contributed by atoms with van der Waals surface area (Å²) in [5.74, 6) is 0.379. The molecule has 1 saturated carbocycles. The van der Waals surface area contributed by atoms with Crippen LogP contribution in [0.15, 0.2) is 12.1 Å². The van der Waals surface area contributed by atoms with Gasteiger partial charge in [0.2, 0.25) is 0 Å². The second kappa shape index (κ2) is 5.87. The number of nitrogens with zero attached hydrogens (tertiary/aromatic N) is 1. The molecule has 0 atom stereocenters. The molecular formula is C16H20N2O4. The summed E-state index contributed by atoms with van der Waals surface area (Å²) in [5.41, 5.74) is 2.13. The Balaban J connectivity index is 1.74. The Hall–Kier alpha value is -2.24. The van der Waals surface area contributed by atoms with E-state index in [1.807, 2.05) is 12.1 Å². The van der Waals surface area contributed by atoms with E-state index in [0.717, 1.165) is 24.0 Å². The van der Waals surface area contributed by atoms with Gasteiger partial charge in [0.15, 0.2) is 11.5 Å². The van der Waals surface area contributed by atoms with Gasteiger partial charge < -0.3 is 19.7 Å². The number of rotatable bonds is 3. The Morgan fingerprint density at radius 3 is 2.36 bits per heavy atom. The highest BCUT2D eigenvalue weighted by Crippen LogP contribution is 2.33. The minimum Gasteiger partial charge on any atom is -0.493 e. The maximum atomic E-state index is 12.2. The zero-order valence-corrected chi connectivity index (χ0v) is 12.8. The quantitative estimate of drug-likeness (QED) is 0.841. The predicted octanol–water partition coefficient (Wildman–Crippen LogP) is 0.867. The molecule has 0 spiro atoms. The molecular weight excluding hydrogens is 284 g/mol. The average molecular weight is 304 g/mol. The van der Waals surface area contributed by atoms with Gasteiger partial charge >= 0.3 is 11.8 Å². The highest BCUT2D eigenvalue weighted by molar-refractivity contribution is 6.35. The van der Waals surface area contributed by atoms with E-state index in [4.69, 9.17) is 9.47 Å². The molecule has 2 amide bonds. The molecule has 1 aromatic carbocycles. The number of hydrogen-bond acceptors (Lipinski definition) is 4. The molecule has 3 rings (SSSR count). The molecule has 118 valence electrons. The van der Waals surface area contributed by atoms with Crippen molar-refractivity contribution in [3.8, 4) is 11.5 Å². The smallest absolute Gasteiger partial charge is 0.312 e. The van der Waals surface area contributed by atoms with Gasteiger partial charge in [-0.3, -0.25) is 9.59 Å². The molecule has 6 nitrogen and oxygen atoms in total. The molecule has 6 heteroatoms. The minimum atomic E-state index is -0.494. The topological polar surface area (TPSA) is 67.9 Å². The maximum absolute atomic E-state index is 12.2. The van der Waals surface area contributed by atoms with Crippen LogP contribution in [0.2, 0.25) is 0 Å². The van der Waals surface area contributed by atoms with Crippen molar-refractivity contribution in [2.24, 2.45) is 0 Å².